The van der Waals surface area contributed by atoms with Gasteiger partial charge in [0.1, 0.15) is 11.9 Å². The predicted molar refractivity (Wildman–Crippen MR) is 74.2 cm³/mol. The predicted octanol–water partition coefficient (Wildman–Crippen LogP) is 1.66. The number of nitrogens with one attached hydrogen (secondary N) is 1. The smallest absolute Gasteiger partial charge is 0.322 e. The molecule has 1 aromatic heterocycles. The van der Waals surface area contributed by atoms with E-state index in [1.54, 1.807) is 7.05 Å². The second kappa shape index (κ2) is 5.84. The number of likely N-dealkylation sites (N-methyl/N-ethyl adjacent to an activating group) is 1. The lowest BCUT2D eigenvalue weighted by Crippen LogP contribution is -2.38. The Kier molecular flexibility index (Phi) is 4.16. The highest BCUT2D eigenvalue weighted by Crippen LogP contribution is 2.17. The summed E-state index contributed by atoms with van der Waals surface area (Å²) in [5.41, 5.74) is 1.92. The van der Waals surface area contributed by atoms with Crippen molar-refractivity contribution >= 4 is 17.0 Å². The van der Waals surface area contributed by atoms with Crippen LogP contribution in [0.2, 0.25) is 0 Å². The molecule has 0 aliphatic carbocycles. The first kappa shape index (κ1) is 13.5. The maximum atomic E-state index is 11.2. The molecule has 102 valence electrons. The van der Waals surface area contributed by atoms with Crippen LogP contribution in [0, 0.1) is 0 Å². The average Bonchev–Trinajstić information content (AvgIpc) is 2.73. The number of nitrogens with zero attached hydrogens (tertiary/aromatic N) is 2. The molecule has 0 aliphatic rings. The number of aliphatic carboxylic acids is 1. The Bertz CT molecular complexity index is 577. The van der Waals surface area contributed by atoms with Crippen LogP contribution >= 0.6 is 0 Å². The number of rotatable bonds is 6. The minimum Gasteiger partial charge on any atom is -0.480 e. The fourth-order valence-corrected chi connectivity index (χ4v) is 2.22. The monoisotopic (exact) mass is 261 g/mol. The lowest BCUT2D eigenvalue weighted by Gasteiger charge is -2.15. The Labute approximate surface area is 112 Å². The van der Waals surface area contributed by atoms with Crippen molar-refractivity contribution in [3.8, 4) is 0 Å². The number of aryl methyl sites for hydroxylation is 1. The van der Waals surface area contributed by atoms with E-state index in [1.165, 1.54) is 0 Å². The number of imidazole rings is 1. The zero-order chi connectivity index (χ0) is 13.8. The van der Waals surface area contributed by atoms with Crippen LogP contribution in [0.15, 0.2) is 24.3 Å². The van der Waals surface area contributed by atoms with Gasteiger partial charge in [0.2, 0.25) is 0 Å². The molecule has 0 spiro atoms. The van der Waals surface area contributed by atoms with Gasteiger partial charge in [0.15, 0.2) is 0 Å². The van der Waals surface area contributed by atoms with Gasteiger partial charge < -0.3 is 15.0 Å². The highest BCUT2D eigenvalue weighted by molar-refractivity contribution is 5.77. The third-order valence-electron chi connectivity index (χ3n) is 3.22. The summed E-state index contributed by atoms with van der Waals surface area (Å²) in [5.74, 6) is 0.105. The van der Waals surface area contributed by atoms with Crippen LogP contribution in [0.4, 0.5) is 0 Å². The minimum atomic E-state index is -0.845. The molecule has 5 heteroatoms. The second-order valence-corrected chi connectivity index (χ2v) is 4.56. The lowest BCUT2D eigenvalue weighted by molar-refractivity contribution is -0.139. The van der Waals surface area contributed by atoms with Crippen molar-refractivity contribution in [3.05, 3.63) is 30.1 Å². The summed E-state index contributed by atoms with van der Waals surface area (Å²) in [5, 5.41) is 12.0. The van der Waals surface area contributed by atoms with E-state index in [0.717, 1.165) is 29.7 Å². The van der Waals surface area contributed by atoms with Crippen molar-refractivity contribution in [2.45, 2.75) is 32.4 Å². The number of benzene rings is 1. The first-order chi connectivity index (χ1) is 9.17. The van der Waals surface area contributed by atoms with Gasteiger partial charge >= 0.3 is 5.97 Å². The first-order valence-electron chi connectivity index (χ1n) is 6.51. The summed E-state index contributed by atoms with van der Waals surface area (Å²) in [6.45, 7) is 2.48. The molecule has 0 radical (unpaired) electrons. The molecule has 19 heavy (non-hydrogen) atoms. The van der Waals surface area contributed by atoms with Crippen LogP contribution in [0.1, 0.15) is 19.2 Å². The van der Waals surface area contributed by atoms with Crippen molar-refractivity contribution in [3.63, 3.8) is 0 Å². The fourth-order valence-electron chi connectivity index (χ4n) is 2.22. The summed E-state index contributed by atoms with van der Waals surface area (Å²) in [7, 11) is 1.66. The largest absolute Gasteiger partial charge is 0.480 e. The van der Waals surface area contributed by atoms with Crippen LogP contribution in [-0.2, 0) is 17.8 Å². The molecule has 1 atom stereocenters. The van der Waals surface area contributed by atoms with E-state index in [0.29, 0.717) is 6.54 Å². The van der Waals surface area contributed by atoms with Crippen molar-refractivity contribution in [1.82, 2.24) is 14.9 Å². The minimum absolute atomic E-state index is 0.391. The molecular weight excluding hydrogens is 242 g/mol. The molecule has 1 aromatic carbocycles. The van der Waals surface area contributed by atoms with Gasteiger partial charge in [0.05, 0.1) is 17.6 Å². The molecule has 5 nitrogen and oxygen atoms in total. The highest BCUT2D eigenvalue weighted by atomic mass is 16.4. The third-order valence-corrected chi connectivity index (χ3v) is 3.22. The van der Waals surface area contributed by atoms with Gasteiger partial charge in [0, 0.05) is 6.42 Å². The summed E-state index contributed by atoms with van der Waals surface area (Å²) < 4.78 is 2.01. The number of para-hydroxylation sites is 2. The standard InChI is InChI=1S/C14H19N3O2/c1-3-6-13-16-10-7-4-5-8-12(10)17(13)9-11(15-2)14(18)19/h4-5,7-8,11,15H,3,6,9H2,1-2H3,(H,18,19). The maximum Gasteiger partial charge on any atom is 0.322 e. The summed E-state index contributed by atoms with van der Waals surface area (Å²) in [6.07, 6.45) is 1.84. The molecular formula is C14H19N3O2. The van der Waals surface area contributed by atoms with Gasteiger partial charge in [-0.15, -0.1) is 0 Å². The fraction of sp³-hybridized carbons (Fsp3) is 0.429. The molecule has 0 saturated heterocycles. The third kappa shape index (κ3) is 2.76. The van der Waals surface area contributed by atoms with Gasteiger partial charge in [-0.2, -0.15) is 0 Å². The molecule has 0 amide bonds. The molecule has 0 bridgehead atoms. The van der Waals surface area contributed by atoms with E-state index >= 15 is 0 Å². The number of hydrogen-bond acceptors (Lipinski definition) is 3. The van der Waals surface area contributed by atoms with Crippen LogP contribution in [0.25, 0.3) is 11.0 Å². The van der Waals surface area contributed by atoms with E-state index in [4.69, 9.17) is 5.11 Å². The average molecular weight is 261 g/mol. The quantitative estimate of drug-likeness (QED) is 0.830. The van der Waals surface area contributed by atoms with Crippen LogP contribution in [0.3, 0.4) is 0 Å². The number of carboxylic acids is 1. The highest BCUT2D eigenvalue weighted by Gasteiger charge is 2.19. The molecule has 0 aliphatic heterocycles. The molecule has 2 N–H and O–H groups in total. The van der Waals surface area contributed by atoms with Crippen molar-refractivity contribution in [1.29, 1.82) is 0 Å². The first-order valence-corrected chi connectivity index (χ1v) is 6.51. The van der Waals surface area contributed by atoms with E-state index < -0.39 is 12.0 Å². The molecule has 1 unspecified atom stereocenters. The van der Waals surface area contributed by atoms with Crippen LogP contribution in [-0.4, -0.2) is 33.7 Å². The van der Waals surface area contributed by atoms with E-state index in [9.17, 15) is 4.79 Å². The number of aromatic nitrogens is 2. The van der Waals surface area contributed by atoms with Gasteiger partial charge in [-0.1, -0.05) is 19.1 Å². The number of carboxylic acid groups (broad SMARTS) is 1. The zero-order valence-electron chi connectivity index (χ0n) is 11.3. The second-order valence-electron chi connectivity index (χ2n) is 4.56. The normalized spacial score (nSPS) is 12.7. The van der Waals surface area contributed by atoms with Gasteiger partial charge in [-0.3, -0.25) is 4.79 Å². The van der Waals surface area contributed by atoms with Crippen molar-refractivity contribution < 1.29 is 9.90 Å². The Morgan fingerprint density at radius 2 is 2.21 bits per heavy atom. The SMILES string of the molecule is CCCc1nc2ccccc2n1CC(NC)C(=O)O. The van der Waals surface area contributed by atoms with Gasteiger partial charge in [-0.25, -0.2) is 4.98 Å². The zero-order valence-corrected chi connectivity index (χ0v) is 11.3. The molecule has 1 heterocycles. The molecule has 2 aromatic rings. The molecule has 0 saturated carbocycles. The van der Waals surface area contributed by atoms with Crippen molar-refractivity contribution in [2.24, 2.45) is 0 Å². The summed E-state index contributed by atoms with van der Waals surface area (Å²) >= 11 is 0. The lowest BCUT2D eigenvalue weighted by atomic mass is 10.2. The molecule has 2 rings (SSSR count). The topological polar surface area (TPSA) is 67.2 Å². The summed E-state index contributed by atoms with van der Waals surface area (Å²) in [4.78, 5) is 15.8. The molecule has 0 fully saturated rings. The number of carbonyl (C=O) groups is 1. The van der Waals surface area contributed by atoms with Gasteiger partial charge in [0.25, 0.3) is 0 Å². The van der Waals surface area contributed by atoms with E-state index in [2.05, 4.69) is 17.2 Å². The van der Waals surface area contributed by atoms with Crippen molar-refractivity contribution in [2.75, 3.05) is 7.05 Å². The van der Waals surface area contributed by atoms with Crippen LogP contribution in [0.5, 0.6) is 0 Å². The Morgan fingerprint density at radius 3 is 2.84 bits per heavy atom. The Hall–Kier alpha value is -1.88. The van der Waals surface area contributed by atoms with E-state index in [1.807, 2.05) is 28.8 Å². The maximum absolute atomic E-state index is 11.2. The Morgan fingerprint density at radius 1 is 1.47 bits per heavy atom. The Balaban J connectivity index is 2.43. The number of fused-ring (bicyclic) bond motifs is 1. The summed E-state index contributed by atoms with van der Waals surface area (Å²) in [6, 6.07) is 7.23. The van der Waals surface area contributed by atoms with Gasteiger partial charge in [-0.05, 0) is 25.6 Å². The number of hydrogen-bond donors (Lipinski definition) is 2. The van der Waals surface area contributed by atoms with E-state index in [-0.39, 0.29) is 0 Å². The van der Waals surface area contributed by atoms with Crippen LogP contribution < -0.4 is 5.32 Å².